The maximum Gasteiger partial charge on any atom is 0.442 e. The molecule has 0 aromatic heterocycles. The van der Waals surface area contributed by atoms with Crippen LogP contribution in [0.2, 0.25) is 0 Å². The number of benzene rings is 6. The fourth-order valence-electron chi connectivity index (χ4n) is 4.64. The molecule has 54 heavy (non-hydrogen) atoms. The Bertz CT molecular complexity index is 2030. The molecule has 6 aromatic carbocycles. The average molecular weight is 784 g/mol. The number of hydrogen-bond acceptors (Lipinski definition) is 12. The van der Waals surface area contributed by atoms with E-state index in [0.29, 0.717) is 34.5 Å². The molecule has 0 N–H and O–H groups in total. The van der Waals surface area contributed by atoms with Crippen LogP contribution in [0.15, 0.2) is 177 Å². The Kier molecular flexibility index (Phi) is 11.5. The Morgan fingerprint density at radius 3 is 0.778 bits per heavy atom. The van der Waals surface area contributed by atoms with Gasteiger partial charge >= 0.3 is 23.0 Å². The van der Waals surface area contributed by atoms with Crippen molar-refractivity contribution in [2.24, 2.45) is 13.5 Å². The first-order valence-corrected chi connectivity index (χ1v) is 21.3. The third-order valence-corrected chi connectivity index (χ3v) is 14.9. The predicted molar refractivity (Wildman–Crippen MR) is 208 cm³/mol. The molecule has 1 heterocycles. The molecule has 0 aliphatic carbocycles. The molecule has 0 atom stereocenters. The maximum atomic E-state index is 6.64. The fourth-order valence-corrected chi connectivity index (χ4v) is 12.9. The standard InChI is InChI=1S/C39H36N3O9P3/c1-31-19-25-37(26-20-31)46-52(49-43-34-13-7-4-8-14-34)40-53(47-38-27-21-32(2)22-28-38,50-44-35-15-9-5-10-16-35)42-54(41-52,48-39-29-23-33(3)24-30-39)51-45-36-17-11-6-12-18-36/h4-30H,1-3H3. The van der Waals surface area contributed by atoms with Crippen LogP contribution in [0.4, 0.5) is 0 Å². The second kappa shape index (κ2) is 16.8. The molecule has 0 spiro atoms. The second-order valence-corrected chi connectivity index (χ2v) is 18.0. The van der Waals surface area contributed by atoms with E-state index in [1.54, 1.807) is 109 Å². The first-order valence-electron chi connectivity index (χ1n) is 16.7. The summed E-state index contributed by atoms with van der Waals surface area (Å²) in [5.41, 5.74) is 2.99. The minimum atomic E-state index is -4.20. The van der Waals surface area contributed by atoms with E-state index in [4.69, 9.17) is 55.8 Å². The number of hydrogen-bond donors (Lipinski definition) is 0. The van der Waals surface area contributed by atoms with E-state index in [1.807, 2.05) is 75.4 Å². The van der Waals surface area contributed by atoms with Crippen molar-refractivity contribution in [1.29, 1.82) is 0 Å². The lowest BCUT2D eigenvalue weighted by Gasteiger charge is -2.31. The Morgan fingerprint density at radius 2 is 0.537 bits per heavy atom. The quantitative estimate of drug-likeness (QED) is 0.0569. The smallest absolute Gasteiger partial charge is 0.420 e. The molecule has 0 fully saturated rings. The number of nitrogens with zero attached hydrogens (tertiary/aromatic N) is 3. The van der Waals surface area contributed by atoms with Crippen LogP contribution < -0.4 is 28.2 Å². The normalized spacial score (nSPS) is 20.3. The second-order valence-electron chi connectivity index (χ2n) is 11.9. The number of rotatable bonds is 15. The lowest BCUT2D eigenvalue weighted by molar-refractivity contribution is -0.109. The van der Waals surface area contributed by atoms with Crippen molar-refractivity contribution in [3.63, 3.8) is 0 Å². The van der Waals surface area contributed by atoms with Gasteiger partial charge in [0.1, 0.15) is 17.2 Å². The van der Waals surface area contributed by atoms with Gasteiger partial charge in [-0.3, -0.25) is 0 Å². The van der Waals surface area contributed by atoms with Crippen LogP contribution in [-0.2, 0) is 14.0 Å². The van der Waals surface area contributed by atoms with Crippen molar-refractivity contribution in [3.05, 3.63) is 180 Å². The predicted octanol–water partition coefficient (Wildman–Crippen LogP) is 13.0. The highest BCUT2D eigenvalue weighted by atomic mass is 31.3. The summed E-state index contributed by atoms with van der Waals surface area (Å²) in [6, 6.07) is 48.3. The minimum Gasteiger partial charge on any atom is -0.420 e. The summed E-state index contributed by atoms with van der Waals surface area (Å²) < 4.78 is 53.6. The van der Waals surface area contributed by atoms with Crippen LogP contribution in [0.1, 0.15) is 16.7 Å². The molecule has 15 heteroatoms. The summed E-state index contributed by atoms with van der Waals surface area (Å²) in [6.07, 6.45) is 0. The lowest BCUT2D eigenvalue weighted by atomic mass is 10.2. The summed E-state index contributed by atoms with van der Waals surface area (Å²) in [7, 11) is -12.6. The van der Waals surface area contributed by atoms with Gasteiger partial charge in [0.15, 0.2) is 17.2 Å². The topological polar surface area (TPSA) is 120 Å². The zero-order valence-corrected chi connectivity index (χ0v) is 32.1. The average Bonchev–Trinajstić information content (AvgIpc) is 3.20. The van der Waals surface area contributed by atoms with Crippen LogP contribution in [0.5, 0.6) is 34.5 Å². The van der Waals surface area contributed by atoms with Crippen molar-refractivity contribution in [2.45, 2.75) is 20.8 Å². The van der Waals surface area contributed by atoms with Crippen molar-refractivity contribution in [2.75, 3.05) is 0 Å². The summed E-state index contributed by atoms with van der Waals surface area (Å²) >= 11 is 0. The van der Waals surface area contributed by atoms with E-state index in [9.17, 15) is 0 Å². The van der Waals surface area contributed by atoms with Gasteiger partial charge in [-0.1, -0.05) is 122 Å². The molecule has 0 bridgehead atoms. The van der Waals surface area contributed by atoms with E-state index in [0.717, 1.165) is 16.7 Å². The van der Waals surface area contributed by atoms with Crippen LogP contribution in [0.25, 0.3) is 0 Å². The number of aryl methyl sites for hydroxylation is 3. The van der Waals surface area contributed by atoms with Crippen molar-refractivity contribution in [1.82, 2.24) is 0 Å². The highest BCUT2D eigenvalue weighted by Crippen LogP contribution is 2.79. The Morgan fingerprint density at radius 1 is 0.296 bits per heavy atom. The molecular weight excluding hydrogens is 747 g/mol. The monoisotopic (exact) mass is 783 g/mol. The Labute approximate surface area is 313 Å². The van der Waals surface area contributed by atoms with Gasteiger partial charge in [0.25, 0.3) is 0 Å². The highest BCUT2D eigenvalue weighted by Gasteiger charge is 2.49. The van der Waals surface area contributed by atoms with Gasteiger partial charge in [-0.2, -0.15) is 0 Å². The molecule has 12 nitrogen and oxygen atoms in total. The molecular formula is C39H36N3O9P3. The molecule has 0 saturated heterocycles. The van der Waals surface area contributed by atoms with E-state index in [-0.39, 0.29) is 0 Å². The summed E-state index contributed by atoms with van der Waals surface area (Å²) in [5.74, 6) is 2.05. The minimum absolute atomic E-state index is 0.340. The summed E-state index contributed by atoms with van der Waals surface area (Å²) in [6.45, 7) is 5.87. The van der Waals surface area contributed by atoms with E-state index in [2.05, 4.69) is 0 Å². The van der Waals surface area contributed by atoms with Crippen molar-refractivity contribution in [3.8, 4) is 34.5 Å². The molecule has 7 rings (SSSR count). The molecule has 0 amide bonds. The van der Waals surface area contributed by atoms with Crippen LogP contribution in [-0.4, -0.2) is 0 Å². The third-order valence-electron chi connectivity index (χ3n) is 7.34. The summed E-state index contributed by atoms with van der Waals surface area (Å²) in [5, 5.41) is 0. The maximum absolute atomic E-state index is 6.64. The molecule has 0 unspecified atom stereocenters. The van der Waals surface area contributed by atoms with E-state index in [1.165, 1.54) is 0 Å². The molecule has 0 radical (unpaired) electrons. The van der Waals surface area contributed by atoms with Gasteiger partial charge in [0.05, 0.1) is 0 Å². The first kappa shape index (κ1) is 37.0. The Balaban J connectivity index is 1.48. The van der Waals surface area contributed by atoms with Gasteiger partial charge in [0.2, 0.25) is 0 Å². The van der Waals surface area contributed by atoms with E-state index >= 15 is 0 Å². The van der Waals surface area contributed by atoms with Crippen LogP contribution in [0, 0.1) is 20.8 Å². The van der Waals surface area contributed by atoms with Crippen molar-refractivity contribution < 1.29 is 42.3 Å². The molecule has 0 saturated carbocycles. The first-order chi connectivity index (χ1) is 26.3. The highest BCUT2D eigenvalue weighted by molar-refractivity contribution is 7.78. The zero-order valence-electron chi connectivity index (χ0n) is 29.4. The lowest BCUT2D eigenvalue weighted by Crippen LogP contribution is -2.11. The van der Waals surface area contributed by atoms with Gasteiger partial charge in [-0.25, -0.2) is 0 Å². The SMILES string of the molecule is Cc1ccc(OP2(OOc3ccccc3)=NP(OOc3ccccc3)(Oc3ccc(C)cc3)=NP(OOc3ccccc3)(Oc3ccc(C)cc3)=N2)cc1. The molecule has 1 aliphatic rings. The molecule has 6 aromatic rings. The molecule has 276 valence electrons. The van der Waals surface area contributed by atoms with E-state index < -0.39 is 23.0 Å². The number of para-hydroxylation sites is 3. The van der Waals surface area contributed by atoms with Gasteiger partial charge < -0.3 is 28.2 Å². The van der Waals surface area contributed by atoms with Gasteiger partial charge in [0, 0.05) is 0 Å². The van der Waals surface area contributed by atoms with Crippen molar-refractivity contribution >= 4 is 23.0 Å². The zero-order chi connectivity index (χ0) is 37.3. The third kappa shape index (κ3) is 9.81. The Hall–Kier alpha value is -5.31. The van der Waals surface area contributed by atoms with Gasteiger partial charge in [-0.05, 0) is 93.6 Å². The van der Waals surface area contributed by atoms with Crippen LogP contribution in [0.3, 0.4) is 0 Å². The van der Waals surface area contributed by atoms with Crippen LogP contribution >= 0.6 is 23.0 Å². The van der Waals surface area contributed by atoms with Gasteiger partial charge in [-0.15, -0.1) is 13.5 Å². The molecule has 1 aliphatic heterocycles. The fraction of sp³-hybridized carbons (Fsp3) is 0.0769. The summed E-state index contributed by atoms with van der Waals surface area (Å²) in [4.78, 5) is 17.7. The largest absolute Gasteiger partial charge is 0.442 e.